The largest absolute Gasteiger partial charge is 3.00 e. The molecule has 45 valence electrons. The van der Waals surface area contributed by atoms with Gasteiger partial charge >= 0.3 is 17.1 Å². The van der Waals surface area contributed by atoms with Gasteiger partial charge in [0.05, 0.1) is 0 Å². The third kappa shape index (κ3) is 359. The van der Waals surface area contributed by atoms with Gasteiger partial charge in [0, 0.05) is 0 Å². The molecule has 0 bridgehead atoms. The quantitative estimate of drug-likeness (QED) is 0.302. The Morgan fingerprint density at radius 2 is 1.14 bits per heavy atom. The molecule has 4 nitrogen and oxygen atoms in total. The molecule has 0 saturated carbocycles. The fourth-order valence-corrected chi connectivity index (χ4v) is 0. The number of hydrogen-bond donors (Lipinski definition) is 0. The van der Waals surface area contributed by atoms with E-state index in [1.54, 1.807) is 0 Å². The molecule has 0 aliphatic carbocycles. The summed E-state index contributed by atoms with van der Waals surface area (Å²) in [6.45, 7) is 0. The Morgan fingerprint density at radius 1 is 1.14 bits per heavy atom. The van der Waals surface area contributed by atoms with E-state index in [1.165, 1.54) is 0 Å². The van der Waals surface area contributed by atoms with Crippen LogP contribution in [0.15, 0.2) is 0 Å². The predicted octanol–water partition coefficient (Wildman–Crippen LogP) is -2.19. The predicted molar refractivity (Wildman–Crippen MR) is 14.3 cm³/mol. The molecule has 1 radical (unpaired) electrons. The first kappa shape index (κ1) is 15.6. The Balaban J connectivity index is -0.0000000800. The average Bonchev–Trinajstić information content (AvgIpc) is 0.722. The van der Waals surface area contributed by atoms with Gasteiger partial charge in [-0.2, -0.15) is 7.82 Å². The zero-order chi connectivity index (χ0) is 4.50. The molecule has 0 aliphatic rings. The van der Waals surface area contributed by atoms with Crippen LogP contribution >= 0.6 is 7.82 Å². The molecule has 0 rings (SSSR count). The van der Waals surface area contributed by atoms with Gasteiger partial charge in [-0.25, -0.2) is 0 Å². The molecule has 0 aromatic heterocycles. The molecule has 0 aromatic rings. The van der Waals surface area contributed by atoms with Gasteiger partial charge in [0.2, 0.25) is 0 Å². The van der Waals surface area contributed by atoms with Crippen LogP contribution in [0.25, 0.3) is 0 Å². The van der Waals surface area contributed by atoms with Gasteiger partial charge in [-0.05, 0) is 0 Å². The van der Waals surface area contributed by atoms with Crippen LogP contribution in [0.5, 0.6) is 0 Å². The first-order chi connectivity index (χ1) is 2.00. The van der Waals surface area contributed by atoms with Crippen molar-refractivity contribution in [2.45, 2.75) is 7.43 Å². The van der Waals surface area contributed by atoms with E-state index in [9.17, 15) is 0 Å². The smallest absolute Gasteiger partial charge is 0.822 e. The van der Waals surface area contributed by atoms with Crippen LogP contribution in [0.3, 0.4) is 0 Å². The number of rotatable bonds is 0. The van der Waals surface area contributed by atoms with Crippen molar-refractivity contribution < 1.29 is 36.3 Å². The van der Waals surface area contributed by atoms with Gasteiger partial charge in [0.1, 0.15) is 0 Å². The first-order valence-electron chi connectivity index (χ1n) is 0.730. The fraction of sp³-hybridized carbons (Fsp3) is 1.00. The summed E-state index contributed by atoms with van der Waals surface area (Å²) in [4.78, 5) is 25.6. The average molecular weight is 167 g/mol. The third-order valence-corrected chi connectivity index (χ3v) is 0. The van der Waals surface area contributed by atoms with Crippen LogP contribution in [-0.2, 0) is 21.6 Å². The maximum absolute atomic E-state index is 8.55. The summed E-state index contributed by atoms with van der Waals surface area (Å²) in [7, 11) is -5.39. The molecule has 0 saturated heterocycles. The van der Waals surface area contributed by atoms with E-state index in [2.05, 4.69) is 0 Å². The Hall–Kier alpha value is 0.629. The first-order valence-corrected chi connectivity index (χ1v) is 2.19. The van der Waals surface area contributed by atoms with Crippen molar-refractivity contribution in [3.63, 3.8) is 0 Å². The Kier molecular flexibility index (Phi) is 10.7. The van der Waals surface area contributed by atoms with E-state index < -0.39 is 7.82 Å². The molecule has 0 unspecified atom stereocenters. The zero-order valence-corrected chi connectivity index (χ0v) is 4.43. The van der Waals surface area contributed by atoms with Gasteiger partial charge in [-0.1, -0.05) is 7.43 Å². The normalized spacial score (nSPS) is 8.43. The van der Waals surface area contributed by atoms with E-state index >= 15 is 0 Å². The van der Waals surface area contributed by atoms with Crippen molar-refractivity contribution in [3.05, 3.63) is 0 Å². The standard InChI is InChI=1S/CH4.Fe.H3O4P/c;;1-5(2,3)4/h1H4;;(H3,1,2,3,4)/q;+3;/p-3. The van der Waals surface area contributed by atoms with Gasteiger partial charge < -0.3 is 19.2 Å². The summed E-state index contributed by atoms with van der Waals surface area (Å²) in [5.41, 5.74) is 0. The third-order valence-electron chi connectivity index (χ3n) is 0. The maximum atomic E-state index is 8.55. The van der Waals surface area contributed by atoms with Crippen molar-refractivity contribution in [2.75, 3.05) is 0 Å². The summed E-state index contributed by atoms with van der Waals surface area (Å²) in [6.07, 6.45) is 0. The summed E-state index contributed by atoms with van der Waals surface area (Å²) >= 11 is 0. The molecule has 0 aromatic carbocycles. The molecule has 0 spiro atoms. The minimum Gasteiger partial charge on any atom is -0.822 e. The minimum atomic E-state index is -5.39. The Morgan fingerprint density at radius 3 is 1.14 bits per heavy atom. The Labute approximate surface area is 52.3 Å². The van der Waals surface area contributed by atoms with Crippen LogP contribution in [0, 0.1) is 0 Å². The van der Waals surface area contributed by atoms with Crippen molar-refractivity contribution in [2.24, 2.45) is 0 Å². The summed E-state index contributed by atoms with van der Waals surface area (Å²) in [5, 5.41) is 0. The molecule has 7 heavy (non-hydrogen) atoms. The van der Waals surface area contributed by atoms with Crippen molar-refractivity contribution >= 4 is 7.82 Å². The summed E-state index contributed by atoms with van der Waals surface area (Å²) in [5.74, 6) is 0. The van der Waals surface area contributed by atoms with Crippen LogP contribution in [0.2, 0.25) is 0 Å². The second-order valence-electron chi connectivity index (χ2n) is 0.447. The molecular weight excluding hydrogens is 163 g/mol. The molecule has 0 aliphatic heterocycles. The van der Waals surface area contributed by atoms with Crippen LogP contribution in [0.4, 0.5) is 0 Å². The van der Waals surface area contributed by atoms with Crippen LogP contribution in [0.1, 0.15) is 7.43 Å². The Bertz CT molecular complexity index is 57.8. The van der Waals surface area contributed by atoms with Crippen LogP contribution < -0.4 is 14.7 Å². The molecule has 0 heterocycles. The van der Waals surface area contributed by atoms with E-state index in [4.69, 9.17) is 19.2 Å². The monoisotopic (exact) mass is 167 g/mol. The van der Waals surface area contributed by atoms with Crippen molar-refractivity contribution in [1.29, 1.82) is 0 Å². The molecule has 6 heteroatoms. The summed E-state index contributed by atoms with van der Waals surface area (Å²) < 4.78 is 8.55. The van der Waals surface area contributed by atoms with Gasteiger partial charge in [0.15, 0.2) is 0 Å². The van der Waals surface area contributed by atoms with E-state index in [0.29, 0.717) is 0 Å². The van der Waals surface area contributed by atoms with Gasteiger partial charge in [-0.3, -0.25) is 0 Å². The zero-order valence-electron chi connectivity index (χ0n) is 2.43. The number of phosphoric acid groups is 1. The summed E-state index contributed by atoms with van der Waals surface area (Å²) in [6, 6.07) is 0. The second kappa shape index (κ2) is 4.78. The van der Waals surface area contributed by atoms with Gasteiger partial charge in [0.25, 0.3) is 0 Å². The SMILES string of the molecule is C.O=P([O-])([O-])[O-].[Fe+3]. The van der Waals surface area contributed by atoms with Crippen molar-refractivity contribution in [1.82, 2.24) is 0 Å². The molecule has 0 fully saturated rings. The second-order valence-corrected chi connectivity index (χ2v) is 1.34. The fourth-order valence-electron chi connectivity index (χ4n) is 0. The van der Waals surface area contributed by atoms with Crippen molar-refractivity contribution in [3.8, 4) is 0 Å². The molecule has 0 amide bonds. The van der Waals surface area contributed by atoms with E-state index in [1.807, 2.05) is 0 Å². The number of hydrogen-bond acceptors (Lipinski definition) is 4. The topological polar surface area (TPSA) is 86.2 Å². The van der Waals surface area contributed by atoms with E-state index in [-0.39, 0.29) is 24.5 Å². The molecule has 0 atom stereocenters. The molecule has 0 N–H and O–H groups in total. The van der Waals surface area contributed by atoms with Crippen LogP contribution in [-0.4, -0.2) is 0 Å². The van der Waals surface area contributed by atoms with E-state index in [0.717, 1.165) is 0 Å². The maximum Gasteiger partial charge on any atom is 3.00 e. The van der Waals surface area contributed by atoms with Gasteiger partial charge in [-0.15, -0.1) is 0 Å². The molecular formula is CH4FeO4P. The minimum absolute atomic E-state index is 0.